The normalized spacial score (nSPS) is 30.8. The molecular formula is C16H30. The summed E-state index contributed by atoms with van der Waals surface area (Å²) < 4.78 is 0. The molecule has 1 rings (SSSR count). The topological polar surface area (TPSA) is 0 Å². The Morgan fingerprint density at radius 1 is 0.750 bits per heavy atom. The van der Waals surface area contributed by atoms with Crippen molar-refractivity contribution in [3.63, 3.8) is 0 Å². The fourth-order valence-electron chi connectivity index (χ4n) is 2.85. The predicted molar refractivity (Wildman–Crippen MR) is 73.6 cm³/mol. The summed E-state index contributed by atoms with van der Waals surface area (Å²) in [6.45, 7) is 6.42. The fourth-order valence-corrected chi connectivity index (χ4v) is 2.85. The maximum Gasteiger partial charge on any atom is -0.0236 e. The first kappa shape index (κ1) is 13.8. The molecule has 0 radical (unpaired) electrons. The molecular weight excluding hydrogens is 192 g/mol. The highest BCUT2D eigenvalue weighted by Gasteiger charge is 2.07. The van der Waals surface area contributed by atoms with E-state index in [9.17, 15) is 0 Å². The van der Waals surface area contributed by atoms with Crippen LogP contribution >= 0.6 is 0 Å². The van der Waals surface area contributed by atoms with E-state index in [-0.39, 0.29) is 0 Å². The van der Waals surface area contributed by atoms with Gasteiger partial charge in [0.1, 0.15) is 0 Å². The molecule has 2 unspecified atom stereocenters. The zero-order valence-corrected chi connectivity index (χ0v) is 11.2. The lowest BCUT2D eigenvalue weighted by atomic mass is 9.95. The molecule has 0 aromatic carbocycles. The molecule has 1 aliphatic rings. The minimum Gasteiger partial charge on any atom is -0.103 e. The lowest BCUT2D eigenvalue weighted by Gasteiger charge is -2.11. The molecule has 1 aliphatic carbocycles. The van der Waals surface area contributed by atoms with Crippen LogP contribution in [0.2, 0.25) is 0 Å². The van der Waals surface area contributed by atoms with E-state index in [1.165, 1.54) is 70.6 Å². The number of allylic oxidation sites excluding steroid dienone is 1. The maximum absolute atomic E-state index is 3.98. The summed E-state index contributed by atoms with van der Waals surface area (Å²) in [6, 6.07) is 0. The van der Waals surface area contributed by atoms with Gasteiger partial charge in [-0.15, -0.1) is 6.58 Å². The van der Waals surface area contributed by atoms with Crippen molar-refractivity contribution in [2.24, 2.45) is 11.8 Å². The Balaban J connectivity index is 2.27. The van der Waals surface area contributed by atoms with Crippen molar-refractivity contribution < 1.29 is 0 Å². The number of rotatable bonds is 1. The molecule has 0 aromatic rings. The smallest absolute Gasteiger partial charge is 0.0236 e. The van der Waals surface area contributed by atoms with Gasteiger partial charge < -0.3 is 0 Å². The Morgan fingerprint density at radius 3 is 1.69 bits per heavy atom. The van der Waals surface area contributed by atoms with E-state index in [0.29, 0.717) is 0 Å². The van der Waals surface area contributed by atoms with Crippen molar-refractivity contribution in [1.82, 2.24) is 0 Å². The van der Waals surface area contributed by atoms with Gasteiger partial charge in [0.2, 0.25) is 0 Å². The van der Waals surface area contributed by atoms with Gasteiger partial charge in [0.25, 0.3) is 0 Å². The van der Waals surface area contributed by atoms with Crippen molar-refractivity contribution in [1.29, 1.82) is 0 Å². The second kappa shape index (κ2) is 8.84. The summed E-state index contributed by atoms with van der Waals surface area (Å²) in [6.07, 6.45) is 18.0. The molecule has 0 heterocycles. The quantitative estimate of drug-likeness (QED) is 0.497. The fraction of sp³-hybridized carbons (Fsp3) is 0.875. The Hall–Kier alpha value is -0.260. The van der Waals surface area contributed by atoms with Crippen LogP contribution in [0.25, 0.3) is 0 Å². The Morgan fingerprint density at radius 2 is 1.19 bits per heavy atom. The first-order valence-corrected chi connectivity index (χ1v) is 7.45. The molecule has 94 valence electrons. The summed E-state index contributed by atoms with van der Waals surface area (Å²) in [5.41, 5.74) is 0. The molecule has 16 heavy (non-hydrogen) atoms. The summed E-state index contributed by atoms with van der Waals surface area (Å²) in [7, 11) is 0. The van der Waals surface area contributed by atoms with Gasteiger partial charge in [-0.25, -0.2) is 0 Å². The van der Waals surface area contributed by atoms with E-state index in [4.69, 9.17) is 0 Å². The van der Waals surface area contributed by atoms with Gasteiger partial charge in [-0.2, -0.15) is 0 Å². The van der Waals surface area contributed by atoms with E-state index >= 15 is 0 Å². The van der Waals surface area contributed by atoms with Gasteiger partial charge in [0.15, 0.2) is 0 Å². The van der Waals surface area contributed by atoms with E-state index in [1.807, 2.05) is 0 Å². The number of hydrogen-bond donors (Lipinski definition) is 0. The average molecular weight is 222 g/mol. The van der Waals surface area contributed by atoms with Crippen LogP contribution in [0.5, 0.6) is 0 Å². The van der Waals surface area contributed by atoms with Crippen molar-refractivity contribution >= 4 is 0 Å². The Labute approximate surface area is 103 Å². The minimum absolute atomic E-state index is 0.804. The van der Waals surface area contributed by atoms with E-state index in [1.54, 1.807) is 0 Å². The molecule has 0 heteroatoms. The molecule has 0 bridgehead atoms. The largest absolute Gasteiger partial charge is 0.103 e. The van der Waals surface area contributed by atoms with Crippen molar-refractivity contribution in [3.05, 3.63) is 12.7 Å². The maximum atomic E-state index is 3.98. The third-order valence-corrected chi connectivity index (χ3v) is 4.13. The number of hydrogen-bond acceptors (Lipinski definition) is 0. The standard InChI is InChI=1S/C16H30/c1-3-16-13-9-5-4-7-11-15(2)12-8-6-10-14-16/h3,15-16H,1,4-14H2,2H3. The summed E-state index contributed by atoms with van der Waals surface area (Å²) in [5, 5.41) is 0. The molecule has 1 fully saturated rings. The second-order valence-electron chi connectivity index (χ2n) is 5.73. The zero-order valence-electron chi connectivity index (χ0n) is 11.2. The highest BCUT2D eigenvalue weighted by atomic mass is 14.1. The summed E-state index contributed by atoms with van der Waals surface area (Å²) >= 11 is 0. The molecule has 0 spiro atoms. The highest BCUT2D eigenvalue weighted by Crippen LogP contribution is 2.23. The summed E-state index contributed by atoms with van der Waals surface area (Å²) in [5.74, 6) is 1.77. The van der Waals surface area contributed by atoms with Crippen LogP contribution in [-0.4, -0.2) is 0 Å². The molecule has 0 N–H and O–H groups in total. The van der Waals surface area contributed by atoms with Crippen LogP contribution in [0.15, 0.2) is 12.7 Å². The predicted octanol–water partition coefficient (Wildman–Crippen LogP) is 5.73. The SMILES string of the molecule is C=CC1CCCCCCC(C)CCCCC1. The van der Waals surface area contributed by atoms with Crippen LogP contribution in [0.4, 0.5) is 0 Å². The average Bonchev–Trinajstić information content (AvgIpc) is 2.31. The van der Waals surface area contributed by atoms with Crippen molar-refractivity contribution in [3.8, 4) is 0 Å². The van der Waals surface area contributed by atoms with Crippen LogP contribution in [0.1, 0.15) is 77.6 Å². The molecule has 0 saturated heterocycles. The van der Waals surface area contributed by atoms with E-state index in [0.717, 1.165) is 11.8 Å². The highest BCUT2D eigenvalue weighted by molar-refractivity contribution is 4.78. The molecule has 1 saturated carbocycles. The first-order valence-electron chi connectivity index (χ1n) is 7.45. The first-order chi connectivity index (χ1) is 7.83. The summed E-state index contributed by atoms with van der Waals surface area (Å²) in [4.78, 5) is 0. The third-order valence-electron chi connectivity index (χ3n) is 4.13. The minimum atomic E-state index is 0.804. The van der Waals surface area contributed by atoms with Crippen LogP contribution in [-0.2, 0) is 0 Å². The lowest BCUT2D eigenvalue weighted by molar-refractivity contribution is 0.438. The molecule has 0 amide bonds. The van der Waals surface area contributed by atoms with E-state index < -0.39 is 0 Å². The van der Waals surface area contributed by atoms with Crippen LogP contribution in [0.3, 0.4) is 0 Å². The van der Waals surface area contributed by atoms with Crippen LogP contribution in [0, 0.1) is 11.8 Å². The van der Waals surface area contributed by atoms with Gasteiger partial charge in [0, 0.05) is 0 Å². The third kappa shape index (κ3) is 6.35. The van der Waals surface area contributed by atoms with Gasteiger partial charge in [0.05, 0.1) is 0 Å². The monoisotopic (exact) mass is 222 g/mol. The zero-order chi connectivity index (χ0) is 11.6. The van der Waals surface area contributed by atoms with Crippen molar-refractivity contribution in [2.75, 3.05) is 0 Å². The van der Waals surface area contributed by atoms with Gasteiger partial charge in [-0.1, -0.05) is 70.8 Å². The van der Waals surface area contributed by atoms with Crippen LogP contribution < -0.4 is 0 Å². The Kier molecular flexibility index (Phi) is 7.63. The van der Waals surface area contributed by atoms with Gasteiger partial charge in [-0.05, 0) is 24.7 Å². The van der Waals surface area contributed by atoms with Gasteiger partial charge >= 0.3 is 0 Å². The molecule has 2 atom stereocenters. The van der Waals surface area contributed by atoms with Crippen molar-refractivity contribution in [2.45, 2.75) is 77.6 Å². The molecule has 0 nitrogen and oxygen atoms in total. The lowest BCUT2D eigenvalue weighted by Crippen LogP contribution is -1.96. The molecule has 0 aliphatic heterocycles. The van der Waals surface area contributed by atoms with E-state index in [2.05, 4.69) is 19.6 Å². The molecule has 0 aromatic heterocycles. The van der Waals surface area contributed by atoms with Gasteiger partial charge in [-0.3, -0.25) is 0 Å². The Bertz CT molecular complexity index is 171. The second-order valence-corrected chi connectivity index (χ2v) is 5.73.